The summed E-state index contributed by atoms with van der Waals surface area (Å²) in [6.45, 7) is 2.69. The van der Waals surface area contributed by atoms with E-state index in [2.05, 4.69) is 13.0 Å². The molecule has 0 saturated heterocycles. The van der Waals surface area contributed by atoms with Gasteiger partial charge in [0.25, 0.3) is 0 Å². The molecule has 1 aromatic carbocycles. The van der Waals surface area contributed by atoms with E-state index in [9.17, 15) is 5.11 Å². The minimum atomic E-state index is -0.585. The van der Waals surface area contributed by atoms with Crippen molar-refractivity contribution in [3.8, 4) is 5.75 Å². The van der Waals surface area contributed by atoms with Gasteiger partial charge in [0, 0.05) is 6.54 Å². The van der Waals surface area contributed by atoms with Crippen molar-refractivity contribution in [1.29, 1.82) is 0 Å². The standard InChI is InChI=1S/C14H23NO2/c1-2-3-4-7-12-8-5-6-9-14(12)17-11-13(16)10-15/h5-6,8-9,13,16H,2-4,7,10-11,15H2,1H3. The lowest BCUT2D eigenvalue weighted by Crippen LogP contribution is -2.26. The normalized spacial score (nSPS) is 12.4. The third-order valence-corrected chi connectivity index (χ3v) is 2.73. The van der Waals surface area contributed by atoms with Crippen LogP contribution in [0.25, 0.3) is 0 Å². The van der Waals surface area contributed by atoms with Gasteiger partial charge in [-0.15, -0.1) is 0 Å². The van der Waals surface area contributed by atoms with E-state index in [1.165, 1.54) is 24.8 Å². The molecule has 0 spiro atoms. The highest BCUT2D eigenvalue weighted by Crippen LogP contribution is 2.20. The van der Waals surface area contributed by atoms with Crippen LogP contribution < -0.4 is 10.5 Å². The highest BCUT2D eigenvalue weighted by molar-refractivity contribution is 5.33. The number of hydrogen-bond donors (Lipinski definition) is 2. The van der Waals surface area contributed by atoms with Crippen LogP contribution in [0.15, 0.2) is 24.3 Å². The Bertz CT molecular complexity index is 315. The van der Waals surface area contributed by atoms with Crippen LogP contribution in [0.2, 0.25) is 0 Å². The summed E-state index contributed by atoms with van der Waals surface area (Å²) < 4.78 is 5.59. The minimum Gasteiger partial charge on any atom is -0.491 e. The molecule has 96 valence electrons. The zero-order valence-corrected chi connectivity index (χ0v) is 10.6. The number of ether oxygens (including phenoxy) is 1. The third kappa shape index (κ3) is 5.20. The Labute approximate surface area is 104 Å². The first-order chi connectivity index (χ1) is 8.27. The van der Waals surface area contributed by atoms with Crippen molar-refractivity contribution in [3.05, 3.63) is 29.8 Å². The van der Waals surface area contributed by atoms with Crippen LogP contribution in [-0.4, -0.2) is 24.4 Å². The Kier molecular flexibility index (Phi) is 6.67. The summed E-state index contributed by atoms with van der Waals surface area (Å²) in [4.78, 5) is 0. The smallest absolute Gasteiger partial charge is 0.122 e. The predicted octanol–water partition coefficient (Wildman–Crippen LogP) is 2.12. The molecule has 0 aliphatic heterocycles. The van der Waals surface area contributed by atoms with Crippen molar-refractivity contribution in [2.45, 2.75) is 38.7 Å². The molecule has 1 unspecified atom stereocenters. The molecule has 1 atom stereocenters. The Balaban J connectivity index is 2.51. The highest BCUT2D eigenvalue weighted by Gasteiger charge is 2.06. The average molecular weight is 237 g/mol. The summed E-state index contributed by atoms with van der Waals surface area (Å²) in [5.74, 6) is 0.871. The number of rotatable bonds is 8. The first-order valence-electron chi connectivity index (χ1n) is 6.36. The van der Waals surface area contributed by atoms with E-state index < -0.39 is 6.10 Å². The number of unbranched alkanes of at least 4 members (excludes halogenated alkanes) is 2. The van der Waals surface area contributed by atoms with Gasteiger partial charge in [0.2, 0.25) is 0 Å². The minimum absolute atomic E-state index is 0.234. The molecular weight excluding hydrogens is 214 g/mol. The summed E-state index contributed by atoms with van der Waals surface area (Å²) in [6.07, 6.45) is 4.08. The number of aliphatic hydroxyl groups excluding tert-OH is 1. The van der Waals surface area contributed by atoms with Gasteiger partial charge in [0.15, 0.2) is 0 Å². The Hall–Kier alpha value is -1.06. The van der Waals surface area contributed by atoms with E-state index >= 15 is 0 Å². The van der Waals surface area contributed by atoms with Crippen LogP contribution in [0.4, 0.5) is 0 Å². The fourth-order valence-electron chi connectivity index (χ4n) is 1.67. The lowest BCUT2D eigenvalue weighted by Gasteiger charge is -2.13. The van der Waals surface area contributed by atoms with Gasteiger partial charge in [-0.1, -0.05) is 38.0 Å². The summed E-state index contributed by atoms with van der Waals surface area (Å²) in [5.41, 5.74) is 6.56. The Morgan fingerprint density at radius 3 is 2.76 bits per heavy atom. The number of hydrogen-bond acceptors (Lipinski definition) is 3. The highest BCUT2D eigenvalue weighted by atomic mass is 16.5. The first kappa shape index (κ1) is 14.0. The summed E-state index contributed by atoms with van der Waals surface area (Å²) in [7, 11) is 0. The lowest BCUT2D eigenvalue weighted by atomic mass is 10.1. The molecule has 0 aromatic heterocycles. The SMILES string of the molecule is CCCCCc1ccccc1OCC(O)CN. The second-order valence-corrected chi connectivity index (χ2v) is 4.27. The fraction of sp³-hybridized carbons (Fsp3) is 0.571. The third-order valence-electron chi connectivity index (χ3n) is 2.73. The molecule has 0 aliphatic rings. The Morgan fingerprint density at radius 1 is 1.29 bits per heavy atom. The topological polar surface area (TPSA) is 55.5 Å². The molecule has 0 aliphatic carbocycles. The monoisotopic (exact) mass is 237 g/mol. The molecule has 0 fully saturated rings. The van der Waals surface area contributed by atoms with Gasteiger partial charge in [-0.05, 0) is 24.5 Å². The van der Waals surface area contributed by atoms with Crippen molar-refractivity contribution < 1.29 is 9.84 Å². The van der Waals surface area contributed by atoms with Gasteiger partial charge >= 0.3 is 0 Å². The first-order valence-corrected chi connectivity index (χ1v) is 6.36. The summed E-state index contributed by atoms with van der Waals surface area (Å²) in [6, 6.07) is 8.01. The van der Waals surface area contributed by atoms with Crippen LogP contribution in [0.3, 0.4) is 0 Å². The zero-order valence-electron chi connectivity index (χ0n) is 10.6. The van der Waals surface area contributed by atoms with E-state index in [0.717, 1.165) is 12.2 Å². The van der Waals surface area contributed by atoms with Crippen molar-refractivity contribution in [2.24, 2.45) is 5.73 Å². The van der Waals surface area contributed by atoms with Gasteiger partial charge in [-0.2, -0.15) is 0 Å². The molecule has 3 heteroatoms. The number of aryl methyl sites for hydroxylation is 1. The van der Waals surface area contributed by atoms with Crippen LogP contribution in [-0.2, 0) is 6.42 Å². The second-order valence-electron chi connectivity index (χ2n) is 4.27. The second kappa shape index (κ2) is 8.09. The molecule has 0 amide bonds. The van der Waals surface area contributed by atoms with E-state index in [1.807, 2.05) is 18.2 Å². The van der Waals surface area contributed by atoms with Gasteiger partial charge in [-0.25, -0.2) is 0 Å². The predicted molar refractivity (Wildman–Crippen MR) is 70.2 cm³/mol. The van der Waals surface area contributed by atoms with Gasteiger partial charge in [-0.3, -0.25) is 0 Å². The maximum atomic E-state index is 9.37. The maximum Gasteiger partial charge on any atom is 0.122 e. The molecule has 1 rings (SSSR count). The molecule has 0 radical (unpaired) electrons. The van der Waals surface area contributed by atoms with Crippen molar-refractivity contribution in [3.63, 3.8) is 0 Å². The fourth-order valence-corrected chi connectivity index (χ4v) is 1.67. The van der Waals surface area contributed by atoms with E-state index in [0.29, 0.717) is 0 Å². The van der Waals surface area contributed by atoms with Crippen LogP contribution in [0.1, 0.15) is 31.7 Å². The zero-order chi connectivity index (χ0) is 12.5. The summed E-state index contributed by atoms with van der Waals surface area (Å²) in [5, 5.41) is 9.37. The molecule has 3 nitrogen and oxygen atoms in total. The molecule has 1 aromatic rings. The maximum absolute atomic E-state index is 9.37. The van der Waals surface area contributed by atoms with Gasteiger partial charge in [0.1, 0.15) is 18.5 Å². The van der Waals surface area contributed by atoms with E-state index in [4.69, 9.17) is 10.5 Å². The molecule has 17 heavy (non-hydrogen) atoms. The van der Waals surface area contributed by atoms with Crippen LogP contribution in [0, 0.1) is 0 Å². The average Bonchev–Trinajstić information content (AvgIpc) is 2.37. The quantitative estimate of drug-likeness (QED) is 0.681. The lowest BCUT2D eigenvalue weighted by molar-refractivity contribution is 0.113. The summed E-state index contributed by atoms with van der Waals surface area (Å²) >= 11 is 0. The van der Waals surface area contributed by atoms with Crippen molar-refractivity contribution >= 4 is 0 Å². The van der Waals surface area contributed by atoms with Crippen LogP contribution in [0.5, 0.6) is 5.75 Å². The van der Waals surface area contributed by atoms with Crippen molar-refractivity contribution in [1.82, 2.24) is 0 Å². The Morgan fingerprint density at radius 2 is 2.06 bits per heavy atom. The molecule has 3 N–H and O–H groups in total. The van der Waals surface area contributed by atoms with Crippen molar-refractivity contribution in [2.75, 3.05) is 13.2 Å². The molecular formula is C14H23NO2. The van der Waals surface area contributed by atoms with Gasteiger partial charge < -0.3 is 15.6 Å². The molecule has 0 saturated carbocycles. The molecule has 0 heterocycles. The van der Waals surface area contributed by atoms with E-state index in [1.54, 1.807) is 0 Å². The van der Waals surface area contributed by atoms with Crippen LogP contribution >= 0.6 is 0 Å². The number of nitrogens with two attached hydrogens (primary N) is 1. The van der Waals surface area contributed by atoms with Gasteiger partial charge in [0.05, 0.1) is 0 Å². The molecule has 0 bridgehead atoms. The number of aliphatic hydroxyl groups is 1. The largest absolute Gasteiger partial charge is 0.491 e. The van der Waals surface area contributed by atoms with E-state index in [-0.39, 0.29) is 13.2 Å². The number of benzene rings is 1. The number of para-hydroxylation sites is 1.